The maximum Gasteiger partial charge on any atom is 0.242 e. The van der Waals surface area contributed by atoms with Crippen molar-refractivity contribution in [3.63, 3.8) is 0 Å². The molecule has 0 aliphatic carbocycles. The minimum absolute atomic E-state index is 0.0498. The van der Waals surface area contributed by atoms with Gasteiger partial charge < -0.3 is 9.80 Å². The molecule has 0 aromatic heterocycles. The smallest absolute Gasteiger partial charge is 0.242 e. The molecule has 16 heavy (non-hydrogen) atoms. The number of rotatable bonds is 2. The molecule has 4 heteroatoms. The quantitative estimate of drug-likeness (QED) is 0.700. The number of hydrogen-bond acceptors (Lipinski definition) is 3. The van der Waals surface area contributed by atoms with Gasteiger partial charge in [-0.05, 0) is 33.9 Å². The van der Waals surface area contributed by atoms with Crippen molar-refractivity contribution in [2.45, 2.75) is 26.8 Å². The van der Waals surface area contributed by atoms with Gasteiger partial charge in [0.15, 0.2) is 0 Å². The van der Waals surface area contributed by atoms with Crippen molar-refractivity contribution >= 4 is 5.91 Å². The van der Waals surface area contributed by atoms with Crippen molar-refractivity contribution in [1.29, 1.82) is 5.26 Å². The molecule has 90 valence electrons. The molecule has 0 saturated carbocycles. The summed E-state index contributed by atoms with van der Waals surface area (Å²) in [4.78, 5) is 16.1. The van der Waals surface area contributed by atoms with Gasteiger partial charge in [-0.15, -0.1) is 0 Å². The fourth-order valence-electron chi connectivity index (χ4n) is 2.23. The summed E-state index contributed by atoms with van der Waals surface area (Å²) in [5.41, 5.74) is -0.902. The third kappa shape index (κ3) is 2.35. The van der Waals surface area contributed by atoms with Gasteiger partial charge in [-0.2, -0.15) is 5.26 Å². The highest BCUT2D eigenvalue weighted by molar-refractivity contribution is 5.84. The Balaban J connectivity index is 2.74. The molecule has 0 aromatic carbocycles. The number of likely N-dealkylation sites (tertiary alicyclic amines) is 1. The third-order valence-electron chi connectivity index (χ3n) is 3.34. The zero-order valence-electron chi connectivity index (χ0n) is 10.8. The summed E-state index contributed by atoms with van der Waals surface area (Å²) in [7, 11) is 4.06. The van der Waals surface area contributed by atoms with Crippen molar-refractivity contribution in [3.8, 4) is 6.07 Å². The van der Waals surface area contributed by atoms with Gasteiger partial charge in [-0.25, -0.2) is 0 Å². The van der Waals surface area contributed by atoms with E-state index in [2.05, 4.69) is 17.9 Å². The van der Waals surface area contributed by atoms with Crippen LogP contribution in [0.4, 0.5) is 0 Å². The highest BCUT2D eigenvalue weighted by atomic mass is 16.2. The maximum atomic E-state index is 12.1. The first-order chi connectivity index (χ1) is 7.29. The first-order valence-electron chi connectivity index (χ1n) is 5.66. The fourth-order valence-corrected chi connectivity index (χ4v) is 2.23. The normalized spacial score (nSPS) is 25.9. The van der Waals surface area contributed by atoms with Crippen molar-refractivity contribution in [3.05, 3.63) is 0 Å². The molecule has 2 unspecified atom stereocenters. The molecule has 1 fully saturated rings. The largest absolute Gasteiger partial charge is 0.339 e. The van der Waals surface area contributed by atoms with Crippen LogP contribution in [0.1, 0.15) is 20.8 Å². The number of nitrogens with zero attached hydrogens (tertiary/aromatic N) is 3. The Morgan fingerprint density at radius 3 is 2.38 bits per heavy atom. The van der Waals surface area contributed by atoms with Gasteiger partial charge in [-0.1, -0.05) is 6.92 Å². The Hall–Kier alpha value is -1.08. The molecule has 0 N–H and O–H groups in total. The molecule has 1 saturated heterocycles. The molecular weight excluding hydrogens is 202 g/mol. The Labute approximate surface area is 97.8 Å². The number of carbonyl (C=O) groups is 1. The van der Waals surface area contributed by atoms with Gasteiger partial charge >= 0.3 is 0 Å². The van der Waals surface area contributed by atoms with Crippen molar-refractivity contribution in [1.82, 2.24) is 9.80 Å². The molecule has 0 radical (unpaired) electrons. The Morgan fingerprint density at radius 2 is 2.00 bits per heavy atom. The van der Waals surface area contributed by atoms with E-state index < -0.39 is 5.41 Å². The molecule has 1 aliphatic rings. The third-order valence-corrected chi connectivity index (χ3v) is 3.34. The topological polar surface area (TPSA) is 47.3 Å². The second kappa shape index (κ2) is 4.42. The van der Waals surface area contributed by atoms with E-state index in [1.54, 1.807) is 13.8 Å². The van der Waals surface area contributed by atoms with Crippen LogP contribution in [0.15, 0.2) is 0 Å². The monoisotopic (exact) mass is 223 g/mol. The van der Waals surface area contributed by atoms with Crippen LogP contribution in [-0.4, -0.2) is 48.9 Å². The lowest BCUT2D eigenvalue weighted by Crippen LogP contribution is -2.40. The van der Waals surface area contributed by atoms with E-state index in [-0.39, 0.29) is 5.91 Å². The fraction of sp³-hybridized carbons (Fsp3) is 0.833. The van der Waals surface area contributed by atoms with E-state index in [0.29, 0.717) is 12.0 Å². The predicted octanol–water partition coefficient (Wildman–Crippen LogP) is 0.945. The highest BCUT2D eigenvalue weighted by Gasteiger charge is 2.39. The van der Waals surface area contributed by atoms with Gasteiger partial charge in [0.25, 0.3) is 0 Å². The molecule has 0 aromatic rings. The number of nitriles is 1. The Kier molecular flexibility index (Phi) is 3.59. The minimum atomic E-state index is -0.902. The van der Waals surface area contributed by atoms with Crippen molar-refractivity contribution in [2.24, 2.45) is 11.3 Å². The van der Waals surface area contributed by atoms with Crippen molar-refractivity contribution < 1.29 is 4.79 Å². The number of likely N-dealkylation sites (N-methyl/N-ethyl adjacent to an activating group) is 1. The van der Waals surface area contributed by atoms with E-state index in [1.165, 1.54) is 0 Å². The average Bonchev–Trinajstić information content (AvgIpc) is 2.59. The minimum Gasteiger partial charge on any atom is -0.339 e. The first kappa shape index (κ1) is 13.0. The maximum absolute atomic E-state index is 12.1. The SMILES string of the molecule is CC1CN(C(=O)C(C)(C)C#N)CC1N(C)C. The second-order valence-electron chi connectivity index (χ2n) is 5.46. The molecule has 1 rings (SSSR count). The van der Waals surface area contributed by atoms with Gasteiger partial charge in [0.05, 0.1) is 6.07 Å². The van der Waals surface area contributed by atoms with E-state index in [1.807, 2.05) is 19.0 Å². The molecule has 1 aliphatic heterocycles. The zero-order valence-corrected chi connectivity index (χ0v) is 10.8. The molecule has 0 bridgehead atoms. The zero-order chi connectivity index (χ0) is 12.5. The van der Waals surface area contributed by atoms with Gasteiger partial charge in [0.1, 0.15) is 5.41 Å². The van der Waals surface area contributed by atoms with Crippen LogP contribution in [0, 0.1) is 22.7 Å². The second-order valence-corrected chi connectivity index (χ2v) is 5.46. The van der Waals surface area contributed by atoms with E-state index in [4.69, 9.17) is 5.26 Å². The molecule has 4 nitrogen and oxygen atoms in total. The summed E-state index contributed by atoms with van der Waals surface area (Å²) < 4.78 is 0. The highest BCUT2D eigenvalue weighted by Crippen LogP contribution is 2.25. The van der Waals surface area contributed by atoms with E-state index in [9.17, 15) is 4.79 Å². The molecule has 1 amide bonds. The summed E-state index contributed by atoms with van der Waals surface area (Å²) >= 11 is 0. The first-order valence-corrected chi connectivity index (χ1v) is 5.66. The Bertz CT molecular complexity index is 317. The summed E-state index contributed by atoms with van der Waals surface area (Å²) in [5, 5.41) is 8.96. The summed E-state index contributed by atoms with van der Waals surface area (Å²) in [6.45, 7) is 7.01. The number of carbonyl (C=O) groups excluding carboxylic acids is 1. The van der Waals surface area contributed by atoms with Crippen LogP contribution in [0.5, 0.6) is 0 Å². The lowest BCUT2D eigenvalue weighted by Gasteiger charge is -2.25. The average molecular weight is 223 g/mol. The van der Waals surface area contributed by atoms with Crippen LogP contribution >= 0.6 is 0 Å². The van der Waals surface area contributed by atoms with E-state index in [0.717, 1.165) is 13.1 Å². The summed E-state index contributed by atoms with van der Waals surface area (Å²) in [6.07, 6.45) is 0. The summed E-state index contributed by atoms with van der Waals surface area (Å²) in [6, 6.07) is 2.47. The van der Waals surface area contributed by atoms with Crippen LogP contribution in [0.25, 0.3) is 0 Å². The van der Waals surface area contributed by atoms with Gasteiger partial charge in [0, 0.05) is 19.1 Å². The molecule has 2 atom stereocenters. The predicted molar refractivity (Wildman–Crippen MR) is 62.6 cm³/mol. The summed E-state index contributed by atoms with van der Waals surface area (Å²) in [5.74, 6) is 0.416. The lowest BCUT2D eigenvalue weighted by molar-refractivity contribution is -0.136. The molecular formula is C12H21N3O. The number of amides is 1. The van der Waals surface area contributed by atoms with Crippen LogP contribution in [0.3, 0.4) is 0 Å². The van der Waals surface area contributed by atoms with Crippen LogP contribution < -0.4 is 0 Å². The molecule has 0 spiro atoms. The molecule has 1 heterocycles. The lowest BCUT2D eigenvalue weighted by atomic mass is 9.94. The Morgan fingerprint density at radius 1 is 1.44 bits per heavy atom. The standard InChI is InChI=1S/C12H21N3O/c1-9-6-15(7-10(9)14(4)5)11(16)12(2,3)8-13/h9-10H,6-7H2,1-5H3. The number of hydrogen-bond donors (Lipinski definition) is 0. The van der Waals surface area contributed by atoms with E-state index >= 15 is 0 Å². The van der Waals surface area contributed by atoms with Crippen LogP contribution in [-0.2, 0) is 4.79 Å². The van der Waals surface area contributed by atoms with Crippen molar-refractivity contribution in [2.75, 3.05) is 27.2 Å². The van der Waals surface area contributed by atoms with Crippen LogP contribution in [0.2, 0.25) is 0 Å². The van der Waals surface area contributed by atoms with Gasteiger partial charge in [-0.3, -0.25) is 4.79 Å². The van der Waals surface area contributed by atoms with Gasteiger partial charge in [0.2, 0.25) is 5.91 Å².